The molecule has 0 radical (unpaired) electrons. The van der Waals surface area contributed by atoms with Crippen LogP contribution in [0, 0.1) is 6.92 Å². The second kappa shape index (κ2) is 6.19. The van der Waals surface area contributed by atoms with Crippen LogP contribution in [0.1, 0.15) is 28.8 Å². The number of carbonyl (C=O) groups excluding carboxylic acids is 1. The summed E-state index contributed by atoms with van der Waals surface area (Å²) in [6.07, 6.45) is 1.85. The number of amides is 1. The fourth-order valence-electron chi connectivity index (χ4n) is 2.33. The van der Waals surface area contributed by atoms with E-state index in [2.05, 4.69) is 10.6 Å². The normalized spacial score (nSPS) is 22.8. The van der Waals surface area contributed by atoms with Crippen LogP contribution >= 0.6 is 0 Å². The summed E-state index contributed by atoms with van der Waals surface area (Å²) in [7, 11) is 0.996. The Labute approximate surface area is 116 Å². The number of hydrogen-bond acceptors (Lipinski definition) is 3. The quantitative estimate of drug-likeness (QED) is 0.885. The maximum absolute atomic E-state index is 11.7. The predicted molar refractivity (Wildman–Crippen MR) is 79.1 cm³/mol. The molecule has 0 atom stereocenters. The van der Waals surface area contributed by atoms with Crippen molar-refractivity contribution < 1.29 is 9.00 Å². The molecule has 0 spiro atoms. The summed E-state index contributed by atoms with van der Waals surface area (Å²) in [6.45, 7) is 1.95. The van der Waals surface area contributed by atoms with E-state index in [1.807, 2.05) is 25.1 Å². The summed E-state index contributed by atoms with van der Waals surface area (Å²) in [5, 5.41) is 6.13. The van der Waals surface area contributed by atoms with Crippen molar-refractivity contribution in [3.05, 3.63) is 29.3 Å². The Morgan fingerprint density at radius 2 is 2.00 bits per heavy atom. The van der Waals surface area contributed by atoms with Crippen LogP contribution in [0.2, 0.25) is 0 Å². The molecule has 1 aromatic rings. The maximum Gasteiger partial charge on any atom is 0.251 e. The minimum Gasteiger partial charge on any atom is -0.382 e. The lowest BCUT2D eigenvalue weighted by molar-refractivity contribution is 0.0962. The third-order valence-electron chi connectivity index (χ3n) is 3.55. The van der Waals surface area contributed by atoms with Gasteiger partial charge in [0.1, 0.15) is 0 Å². The Bertz CT molecular complexity index is 492. The van der Waals surface area contributed by atoms with Crippen molar-refractivity contribution in [3.8, 4) is 0 Å². The molecular weight excluding hydrogens is 260 g/mol. The third-order valence-corrected chi connectivity index (χ3v) is 4.94. The number of hydrogen-bond donors (Lipinski definition) is 2. The second-order valence-corrected chi connectivity index (χ2v) is 6.52. The van der Waals surface area contributed by atoms with Gasteiger partial charge >= 0.3 is 0 Å². The lowest BCUT2D eigenvalue weighted by Crippen LogP contribution is -2.30. The first-order valence-corrected chi connectivity index (χ1v) is 8.04. The van der Waals surface area contributed by atoms with Crippen LogP contribution in [0.25, 0.3) is 0 Å². The number of benzene rings is 1. The van der Waals surface area contributed by atoms with Crippen molar-refractivity contribution in [2.24, 2.45) is 0 Å². The molecule has 4 nitrogen and oxygen atoms in total. The van der Waals surface area contributed by atoms with E-state index in [4.69, 9.17) is 0 Å². The summed E-state index contributed by atoms with van der Waals surface area (Å²) in [6, 6.07) is 6.07. The van der Waals surface area contributed by atoms with E-state index in [-0.39, 0.29) is 5.91 Å². The molecule has 0 bridgehead atoms. The molecule has 1 aromatic carbocycles. The van der Waals surface area contributed by atoms with E-state index in [0.29, 0.717) is 11.6 Å². The molecule has 1 aliphatic rings. The van der Waals surface area contributed by atoms with Gasteiger partial charge in [0.2, 0.25) is 0 Å². The summed E-state index contributed by atoms with van der Waals surface area (Å²) < 4.78 is 11.3. The Morgan fingerprint density at radius 3 is 2.63 bits per heavy atom. The van der Waals surface area contributed by atoms with Crippen molar-refractivity contribution in [3.63, 3.8) is 0 Å². The minimum atomic E-state index is -0.642. The Morgan fingerprint density at radius 1 is 1.32 bits per heavy atom. The zero-order valence-corrected chi connectivity index (χ0v) is 12.2. The van der Waals surface area contributed by atoms with Gasteiger partial charge in [-0.15, -0.1) is 0 Å². The minimum absolute atomic E-state index is 0.0640. The van der Waals surface area contributed by atoms with E-state index in [0.717, 1.165) is 35.6 Å². The van der Waals surface area contributed by atoms with Gasteiger partial charge in [0, 0.05) is 46.6 Å². The topological polar surface area (TPSA) is 58.2 Å². The molecule has 0 unspecified atom stereocenters. The molecule has 5 heteroatoms. The van der Waals surface area contributed by atoms with Gasteiger partial charge < -0.3 is 10.6 Å². The standard InChI is InChI=1S/C14H20N2O2S/c1-10-12(14(17)15-2)4-3-5-13(10)16-11-6-8-19(18)9-7-11/h3-5,11,16H,6-9H2,1-2H3,(H,15,17). The highest BCUT2D eigenvalue weighted by molar-refractivity contribution is 7.85. The van der Waals surface area contributed by atoms with Crippen LogP contribution in [-0.2, 0) is 10.8 Å². The van der Waals surface area contributed by atoms with E-state index in [1.165, 1.54) is 0 Å². The smallest absolute Gasteiger partial charge is 0.251 e. The van der Waals surface area contributed by atoms with Crippen LogP contribution in [0.15, 0.2) is 18.2 Å². The molecule has 19 heavy (non-hydrogen) atoms. The van der Waals surface area contributed by atoms with Crippen molar-refractivity contribution >= 4 is 22.4 Å². The van der Waals surface area contributed by atoms with Crippen LogP contribution in [0.5, 0.6) is 0 Å². The molecule has 1 heterocycles. The molecule has 1 aliphatic heterocycles. The van der Waals surface area contributed by atoms with Gasteiger partial charge in [-0.1, -0.05) is 6.07 Å². The van der Waals surface area contributed by atoms with Crippen LogP contribution in [0.4, 0.5) is 5.69 Å². The van der Waals surface area contributed by atoms with Gasteiger partial charge in [-0.05, 0) is 37.5 Å². The molecule has 2 N–H and O–H groups in total. The SMILES string of the molecule is CNC(=O)c1cccc(NC2CCS(=O)CC2)c1C. The fourth-order valence-corrected chi connectivity index (χ4v) is 3.63. The molecule has 0 aliphatic carbocycles. The van der Waals surface area contributed by atoms with E-state index >= 15 is 0 Å². The van der Waals surface area contributed by atoms with Crippen molar-refractivity contribution in [2.75, 3.05) is 23.9 Å². The number of anilines is 1. The van der Waals surface area contributed by atoms with E-state index in [9.17, 15) is 9.00 Å². The Kier molecular flexibility index (Phi) is 4.58. The molecule has 104 valence electrons. The number of carbonyl (C=O) groups is 1. The monoisotopic (exact) mass is 280 g/mol. The zero-order valence-electron chi connectivity index (χ0n) is 11.4. The predicted octanol–water partition coefficient (Wildman–Crippen LogP) is 1.68. The number of nitrogens with one attached hydrogen (secondary N) is 2. The average Bonchev–Trinajstić information content (AvgIpc) is 2.43. The summed E-state index contributed by atoms with van der Waals surface area (Å²) >= 11 is 0. The highest BCUT2D eigenvalue weighted by Crippen LogP contribution is 2.22. The third kappa shape index (κ3) is 3.35. The van der Waals surface area contributed by atoms with Crippen molar-refractivity contribution in [1.82, 2.24) is 5.32 Å². The Hall–Kier alpha value is -1.36. The highest BCUT2D eigenvalue weighted by Gasteiger charge is 2.19. The van der Waals surface area contributed by atoms with Gasteiger partial charge in [0.15, 0.2) is 0 Å². The van der Waals surface area contributed by atoms with Gasteiger partial charge in [-0.2, -0.15) is 0 Å². The van der Waals surface area contributed by atoms with Crippen LogP contribution < -0.4 is 10.6 Å². The van der Waals surface area contributed by atoms with Crippen molar-refractivity contribution in [2.45, 2.75) is 25.8 Å². The summed E-state index contributed by atoms with van der Waals surface area (Å²) in [5.74, 6) is 1.48. The number of rotatable bonds is 3. The molecule has 1 saturated heterocycles. The zero-order chi connectivity index (χ0) is 13.8. The first-order chi connectivity index (χ1) is 9.11. The molecule has 0 aromatic heterocycles. The Balaban J connectivity index is 2.12. The van der Waals surface area contributed by atoms with Crippen LogP contribution in [-0.4, -0.2) is 34.7 Å². The van der Waals surface area contributed by atoms with Gasteiger partial charge in [0.25, 0.3) is 5.91 Å². The summed E-state index contributed by atoms with van der Waals surface area (Å²) in [5.41, 5.74) is 2.67. The van der Waals surface area contributed by atoms with Crippen molar-refractivity contribution in [1.29, 1.82) is 0 Å². The second-order valence-electron chi connectivity index (χ2n) is 4.82. The maximum atomic E-state index is 11.7. The summed E-state index contributed by atoms with van der Waals surface area (Å²) in [4.78, 5) is 11.7. The molecule has 1 fully saturated rings. The molecule has 1 amide bonds. The lowest BCUT2D eigenvalue weighted by atomic mass is 10.0. The van der Waals surface area contributed by atoms with Gasteiger partial charge in [-0.25, -0.2) is 0 Å². The molecular formula is C14H20N2O2S. The largest absolute Gasteiger partial charge is 0.382 e. The lowest BCUT2D eigenvalue weighted by Gasteiger charge is -2.25. The first-order valence-electron chi connectivity index (χ1n) is 6.55. The van der Waals surface area contributed by atoms with Gasteiger partial charge in [0.05, 0.1) is 0 Å². The molecule has 0 saturated carbocycles. The first kappa shape index (κ1) is 14.1. The fraction of sp³-hybridized carbons (Fsp3) is 0.500. The average molecular weight is 280 g/mol. The van der Waals surface area contributed by atoms with E-state index in [1.54, 1.807) is 7.05 Å². The van der Waals surface area contributed by atoms with E-state index < -0.39 is 10.8 Å². The van der Waals surface area contributed by atoms with Crippen LogP contribution in [0.3, 0.4) is 0 Å². The van der Waals surface area contributed by atoms with Gasteiger partial charge in [-0.3, -0.25) is 9.00 Å². The molecule has 2 rings (SSSR count). The highest BCUT2D eigenvalue weighted by atomic mass is 32.2.